The van der Waals surface area contributed by atoms with Gasteiger partial charge in [-0.1, -0.05) is 23.8 Å². The van der Waals surface area contributed by atoms with Crippen molar-refractivity contribution in [3.63, 3.8) is 0 Å². The number of aliphatic hydroxyl groups is 1. The van der Waals surface area contributed by atoms with Gasteiger partial charge in [0.05, 0.1) is 5.76 Å². The standard InChI is InChI=1S/C16H10N.C5H8O2.Pt/c1-2-7-14-12(4-1)10-13-6-3-5-11-8-9-17-16(14)15(11)13;1-4(6)3-5(2)7;/h1-6,8-9H,10H2;3,6H,1-2H3;/q-1;;/b;4-3-;. The van der Waals surface area contributed by atoms with Crippen molar-refractivity contribution in [1.82, 2.24) is 4.98 Å². The summed E-state index contributed by atoms with van der Waals surface area (Å²) in [5, 5.41) is 10.9. The molecule has 0 saturated carbocycles. The monoisotopic (exact) mass is 511 g/mol. The summed E-state index contributed by atoms with van der Waals surface area (Å²) >= 11 is 0. The van der Waals surface area contributed by atoms with E-state index < -0.39 is 0 Å². The molecule has 3 aromatic rings. The van der Waals surface area contributed by atoms with Crippen LogP contribution in [0.15, 0.2) is 60.5 Å². The van der Waals surface area contributed by atoms with E-state index in [0.717, 1.165) is 17.7 Å². The minimum atomic E-state index is -0.125. The number of aromatic nitrogens is 1. The number of carbonyl (C=O) groups is 1. The third-order valence-electron chi connectivity index (χ3n) is 3.85. The van der Waals surface area contributed by atoms with Crippen LogP contribution in [0, 0.1) is 6.07 Å². The topological polar surface area (TPSA) is 50.2 Å². The summed E-state index contributed by atoms with van der Waals surface area (Å²) in [5.74, 6) is -0.0625. The minimum Gasteiger partial charge on any atom is -0.512 e. The maximum absolute atomic E-state index is 10.0. The average Bonchev–Trinajstić information content (AvgIpc) is 2.55. The van der Waals surface area contributed by atoms with Gasteiger partial charge in [0.25, 0.3) is 0 Å². The Labute approximate surface area is 161 Å². The second-order valence-electron chi connectivity index (χ2n) is 5.82. The van der Waals surface area contributed by atoms with Gasteiger partial charge < -0.3 is 10.1 Å². The van der Waals surface area contributed by atoms with Crippen molar-refractivity contribution in [1.29, 1.82) is 0 Å². The number of benzene rings is 2. The predicted octanol–water partition coefficient (Wildman–Crippen LogP) is 4.64. The molecule has 0 bridgehead atoms. The quantitative estimate of drug-likeness (QED) is 0.230. The number of hydrogen-bond donors (Lipinski definition) is 1. The van der Waals surface area contributed by atoms with Crippen LogP contribution >= 0.6 is 0 Å². The van der Waals surface area contributed by atoms with Gasteiger partial charge in [0.15, 0.2) is 5.78 Å². The molecule has 0 fully saturated rings. The summed E-state index contributed by atoms with van der Waals surface area (Å²) in [6.07, 6.45) is 4.04. The molecule has 0 spiro atoms. The first kappa shape index (κ1) is 19.1. The van der Waals surface area contributed by atoms with E-state index in [4.69, 9.17) is 5.11 Å². The molecular formula is C21H18NO2Pt-. The zero-order valence-corrected chi connectivity index (χ0v) is 16.3. The number of hydrogen-bond acceptors (Lipinski definition) is 3. The number of ketones is 1. The van der Waals surface area contributed by atoms with Gasteiger partial charge in [0.1, 0.15) is 0 Å². The van der Waals surface area contributed by atoms with Gasteiger partial charge >= 0.3 is 0 Å². The van der Waals surface area contributed by atoms with Crippen molar-refractivity contribution in [2.45, 2.75) is 20.3 Å². The van der Waals surface area contributed by atoms with E-state index in [2.05, 4.69) is 41.4 Å². The van der Waals surface area contributed by atoms with E-state index in [0.29, 0.717) is 0 Å². The Morgan fingerprint density at radius 3 is 2.60 bits per heavy atom. The van der Waals surface area contributed by atoms with Crippen LogP contribution in [0.4, 0.5) is 0 Å². The summed E-state index contributed by atoms with van der Waals surface area (Å²) in [4.78, 5) is 14.6. The van der Waals surface area contributed by atoms with Crippen LogP contribution in [0.5, 0.6) is 0 Å². The molecular weight excluding hydrogens is 493 g/mol. The molecule has 0 radical (unpaired) electrons. The predicted molar refractivity (Wildman–Crippen MR) is 95.9 cm³/mol. The van der Waals surface area contributed by atoms with Crippen LogP contribution in [0.1, 0.15) is 25.0 Å². The Hall–Kier alpha value is -2.25. The number of nitrogens with zero attached hydrogens (tertiary/aromatic N) is 1. The van der Waals surface area contributed by atoms with Crippen LogP contribution in [-0.4, -0.2) is 15.9 Å². The second-order valence-corrected chi connectivity index (χ2v) is 5.82. The maximum Gasteiger partial charge on any atom is 0.155 e. The third kappa shape index (κ3) is 4.24. The smallest absolute Gasteiger partial charge is 0.155 e. The van der Waals surface area contributed by atoms with Crippen LogP contribution in [0.25, 0.3) is 22.0 Å². The third-order valence-corrected chi connectivity index (χ3v) is 3.85. The minimum absolute atomic E-state index is 0. The molecule has 1 aliphatic rings. The molecule has 4 rings (SSSR count). The first-order valence-corrected chi connectivity index (χ1v) is 7.80. The molecule has 2 aromatic carbocycles. The number of rotatable bonds is 1. The first-order valence-electron chi connectivity index (χ1n) is 7.80. The van der Waals surface area contributed by atoms with Crippen molar-refractivity contribution >= 4 is 16.6 Å². The zero-order chi connectivity index (χ0) is 17.1. The Kier molecular flexibility index (Phi) is 6.27. The van der Waals surface area contributed by atoms with E-state index in [1.54, 1.807) is 0 Å². The van der Waals surface area contributed by atoms with Crippen molar-refractivity contribution in [3.05, 3.63) is 77.7 Å². The maximum atomic E-state index is 10.0. The van der Waals surface area contributed by atoms with Crippen LogP contribution in [0.2, 0.25) is 0 Å². The van der Waals surface area contributed by atoms with Gasteiger partial charge in [-0.3, -0.25) is 4.79 Å². The van der Waals surface area contributed by atoms with Crippen molar-refractivity contribution < 1.29 is 31.0 Å². The normalized spacial score (nSPS) is 11.7. The molecule has 1 heterocycles. The summed E-state index contributed by atoms with van der Waals surface area (Å²) in [6.45, 7) is 2.85. The van der Waals surface area contributed by atoms with Gasteiger partial charge in [0.2, 0.25) is 0 Å². The molecule has 0 unspecified atom stereocenters. The molecule has 130 valence electrons. The Morgan fingerprint density at radius 1 is 1.16 bits per heavy atom. The first-order chi connectivity index (χ1) is 11.6. The zero-order valence-electron chi connectivity index (χ0n) is 14.0. The van der Waals surface area contributed by atoms with Crippen LogP contribution in [-0.2, 0) is 32.3 Å². The molecule has 0 aliphatic heterocycles. The van der Waals surface area contributed by atoms with Crippen LogP contribution in [0.3, 0.4) is 0 Å². The molecule has 1 aromatic heterocycles. The van der Waals surface area contributed by atoms with Crippen molar-refractivity contribution in [2.75, 3.05) is 0 Å². The van der Waals surface area contributed by atoms with Gasteiger partial charge in [-0.25, -0.2) is 0 Å². The van der Waals surface area contributed by atoms with Gasteiger partial charge in [0, 0.05) is 33.3 Å². The van der Waals surface area contributed by atoms with Crippen LogP contribution < -0.4 is 0 Å². The van der Waals surface area contributed by atoms with Gasteiger partial charge in [-0.2, -0.15) is 0 Å². The fourth-order valence-corrected chi connectivity index (χ4v) is 2.98. The SMILES string of the molecule is CC(=O)/C=C(/C)O.[Pt].[c-]1cccc2c1-c1nccc3cccc(c13)C2. The van der Waals surface area contributed by atoms with Gasteiger partial charge in [-0.05, 0) is 42.8 Å². The molecule has 1 aliphatic carbocycles. The van der Waals surface area contributed by atoms with E-state index in [1.165, 1.54) is 41.8 Å². The largest absolute Gasteiger partial charge is 0.512 e. The summed E-state index contributed by atoms with van der Waals surface area (Å²) in [7, 11) is 0. The molecule has 0 atom stereocenters. The second kappa shape index (κ2) is 8.22. The van der Waals surface area contributed by atoms with Crippen molar-refractivity contribution in [3.8, 4) is 11.3 Å². The molecule has 1 N–H and O–H groups in total. The van der Waals surface area contributed by atoms with E-state index in [-0.39, 0.29) is 32.6 Å². The number of carbonyl (C=O) groups excluding carboxylic acids is 1. The Balaban J connectivity index is 0.000000246. The van der Waals surface area contributed by atoms with E-state index in [9.17, 15) is 4.79 Å². The molecule has 4 heteroatoms. The number of allylic oxidation sites excluding steroid dienone is 2. The molecule has 3 nitrogen and oxygen atoms in total. The Morgan fingerprint density at radius 2 is 1.92 bits per heavy atom. The summed E-state index contributed by atoms with van der Waals surface area (Å²) in [5.41, 5.74) is 4.95. The summed E-state index contributed by atoms with van der Waals surface area (Å²) < 4.78 is 0. The fourth-order valence-electron chi connectivity index (χ4n) is 2.98. The molecule has 0 amide bonds. The van der Waals surface area contributed by atoms with Gasteiger partial charge in [-0.15, -0.1) is 35.4 Å². The Bertz CT molecular complexity index is 938. The van der Waals surface area contributed by atoms with Crippen molar-refractivity contribution in [2.24, 2.45) is 0 Å². The summed E-state index contributed by atoms with van der Waals surface area (Å²) in [6, 6.07) is 18.1. The average molecular weight is 511 g/mol. The fraction of sp³-hybridized carbons (Fsp3) is 0.143. The number of fused-ring (bicyclic) bond motifs is 2. The molecule has 0 saturated heterocycles. The van der Waals surface area contributed by atoms with E-state index >= 15 is 0 Å². The number of pyridine rings is 1. The molecule has 25 heavy (non-hydrogen) atoms. The number of aliphatic hydroxyl groups excluding tert-OH is 1. The van der Waals surface area contributed by atoms with E-state index in [1.807, 2.05) is 18.3 Å².